The Morgan fingerprint density at radius 2 is 1.47 bits per heavy atom. The number of benzene rings is 5. The molecule has 47 heavy (non-hydrogen) atoms. The van der Waals surface area contributed by atoms with E-state index in [-0.39, 0.29) is 11.6 Å². The standard InChI is InChI=1S/C37H29Cl2N3O4S/c1-46-29-18-15-24(16-19-29)21-33(42-35(43)26-11-6-3-7-12-26)36(44)40-28-13-8-14-30(23-28)47-34(25-9-4-2-5-10-25)37(45)41-32-22-27(38)17-20-31(32)39/h2-23,34H,1H3,(H,40,44)(H,41,45)(H,42,43)/b33-21+. The Bertz CT molecular complexity index is 1900. The van der Waals surface area contributed by atoms with E-state index in [1.165, 1.54) is 11.8 Å². The summed E-state index contributed by atoms with van der Waals surface area (Å²) >= 11 is 13.8. The van der Waals surface area contributed by atoms with Gasteiger partial charge in [0.25, 0.3) is 11.8 Å². The van der Waals surface area contributed by atoms with Gasteiger partial charge in [-0.15, -0.1) is 11.8 Å². The first-order chi connectivity index (χ1) is 22.8. The van der Waals surface area contributed by atoms with Crippen LogP contribution in [0.4, 0.5) is 11.4 Å². The maximum absolute atomic E-state index is 13.6. The maximum atomic E-state index is 13.6. The van der Waals surface area contributed by atoms with Gasteiger partial charge in [0.05, 0.1) is 17.8 Å². The van der Waals surface area contributed by atoms with E-state index >= 15 is 0 Å². The van der Waals surface area contributed by atoms with Gasteiger partial charge in [-0.05, 0) is 77.9 Å². The van der Waals surface area contributed by atoms with E-state index in [4.69, 9.17) is 27.9 Å². The van der Waals surface area contributed by atoms with Crippen molar-refractivity contribution < 1.29 is 19.1 Å². The summed E-state index contributed by atoms with van der Waals surface area (Å²) in [5, 5.41) is 8.67. The van der Waals surface area contributed by atoms with Crippen molar-refractivity contribution in [1.29, 1.82) is 0 Å². The van der Waals surface area contributed by atoms with Crippen LogP contribution in [0.15, 0.2) is 138 Å². The molecule has 7 nitrogen and oxygen atoms in total. The first kappa shape index (κ1) is 33.3. The molecule has 1 unspecified atom stereocenters. The third kappa shape index (κ3) is 9.26. The fourth-order valence-electron chi connectivity index (χ4n) is 4.48. The molecule has 1 atom stereocenters. The molecule has 0 aromatic heterocycles. The molecule has 0 heterocycles. The van der Waals surface area contributed by atoms with Crippen LogP contribution in [0, 0.1) is 0 Å². The first-order valence-electron chi connectivity index (χ1n) is 14.4. The van der Waals surface area contributed by atoms with Gasteiger partial charge >= 0.3 is 0 Å². The number of halogens is 2. The van der Waals surface area contributed by atoms with Crippen LogP contribution in [0.3, 0.4) is 0 Å². The summed E-state index contributed by atoms with van der Waals surface area (Å²) in [6, 6.07) is 37.0. The summed E-state index contributed by atoms with van der Waals surface area (Å²) in [4.78, 5) is 41.0. The Hall–Kier alpha value is -5.02. The van der Waals surface area contributed by atoms with Crippen LogP contribution in [-0.2, 0) is 9.59 Å². The number of ether oxygens (including phenoxy) is 1. The highest BCUT2D eigenvalue weighted by atomic mass is 35.5. The van der Waals surface area contributed by atoms with Crippen molar-refractivity contribution in [3.63, 3.8) is 0 Å². The Kier molecular flexibility index (Phi) is 11.4. The number of methoxy groups -OCH3 is 1. The predicted molar refractivity (Wildman–Crippen MR) is 190 cm³/mol. The number of nitrogens with one attached hydrogen (secondary N) is 3. The number of amides is 3. The zero-order valence-electron chi connectivity index (χ0n) is 25.1. The van der Waals surface area contributed by atoms with Gasteiger partial charge in [-0.1, -0.05) is 89.9 Å². The molecule has 236 valence electrons. The van der Waals surface area contributed by atoms with E-state index in [0.29, 0.717) is 38.3 Å². The van der Waals surface area contributed by atoms with Crippen LogP contribution in [-0.4, -0.2) is 24.8 Å². The van der Waals surface area contributed by atoms with Crippen molar-refractivity contribution in [1.82, 2.24) is 5.32 Å². The zero-order valence-corrected chi connectivity index (χ0v) is 27.4. The van der Waals surface area contributed by atoms with Crippen molar-refractivity contribution >= 4 is 70.1 Å². The Balaban J connectivity index is 1.38. The fraction of sp³-hybridized carbons (Fsp3) is 0.0541. The summed E-state index contributed by atoms with van der Waals surface area (Å²) in [6.45, 7) is 0. The van der Waals surface area contributed by atoms with Crippen molar-refractivity contribution in [2.24, 2.45) is 0 Å². The van der Waals surface area contributed by atoms with Gasteiger partial charge in [0.15, 0.2) is 0 Å². The lowest BCUT2D eigenvalue weighted by Crippen LogP contribution is -2.30. The van der Waals surface area contributed by atoms with Crippen LogP contribution in [0.1, 0.15) is 26.7 Å². The molecule has 0 aliphatic carbocycles. The smallest absolute Gasteiger partial charge is 0.272 e. The van der Waals surface area contributed by atoms with Crippen LogP contribution in [0.2, 0.25) is 10.0 Å². The molecular formula is C37H29Cl2N3O4S. The van der Waals surface area contributed by atoms with Crippen molar-refractivity contribution in [3.8, 4) is 5.75 Å². The quantitative estimate of drug-likeness (QED) is 0.0956. The summed E-state index contributed by atoms with van der Waals surface area (Å²) in [6.07, 6.45) is 1.59. The Morgan fingerprint density at radius 3 is 2.17 bits per heavy atom. The highest BCUT2D eigenvalue weighted by Crippen LogP contribution is 2.38. The van der Waals surface area contributed by atoms with E-state index in [1.807, 2.05) is 36.4 Å². The van der Waals surface area contributed by atoms with Crippen LogP contribution < -0.4 is 20.7 Å². The van der Waals surface area contributed by atoms with Crippen LogP contribution in [0.5, 0.6) is 5.75 Å². The van der Waals surface area contributed by atoms with E-state index in [1.54, 1.807) is 104 Å². The lowest BCUT2D eigenvalue weighted by atomic mass is 10.1. The summed E-state index contributed by atoms with van der Waals surface area (Å²) in [5.41, 5.74) is 2.78. The molecule has 3 N–H and O–H groups in total. The second-order valence-electron chi connectivity index (χ2n) is 10.2. The lowest BCUT2D eigenvalue weighted by molar-refractivity contribution is -0.116. The van der Waals surface area contributed by atoms with Gasteiger partial charge in [0.2, 0.25) is 5.91 Å². The lowest BCUT2D eigenvalue weighted by Gasteiger charge is -2.18. The minimum absolute atomic E-state index is 0.0435. The molecule has 0 aliphatic heterocycles. The van der Waals surface area contributed by atoms with Crippen molar-refractivity contribution in [3.05, 3.63) is 160 Å². The second-order valence-corrected chi connectivity index (χ2v) is 12.2. The molecule has 5 aromatic carbocycles. The van der Waals surface area contributed by atoms with Gasteiger partial charge < -0.3 is 20.7 Å². The molecule has 3 amide bonds. The van der Waals surface area contributed by atoms with E-state index in [0.717, 1.165) is 10.5 Å². The first-order valence-corrected chi connectivity index (χ1v) is 16.0. The van der Waals surface area contributed by atoms with E-state index in [9.17, 15) is 14.4 Å². The molecule has 0 saturated heterocycles. The molecule has 5 aromatic rings. The van der Waals surface area contributed by atoms with Gasteiger partial charge in [0.1, 0.15) is 16.7 Å². The molecule has 5 rings (SSSR count). The third-order valence-corrected chi connectivity index (χ3v) is 8.64. The fourth-order valence-corrected chi connectivity index (χ4v) is 5.90. The zero-order chi connectivity index (χ0) is 33.2. The minimum Gasteiger partial charge on any atom is -0.497 e. The average Bonchev–Trinajstić information content (AvgIpc) is 3.09. The monoisotopic (exact) mass is 681 g/mol. The highest BCUT2D eigenvalue weighted by molar-refractivity contribution is 8.00. The number of rotatable bonds is 11. The average molecular weight is 683 g/mol. The SMILES string of the molecule is COc1ccc(/C=C(/NC(=O)c2ccccc2)C(=O)Nc2cccc(SC(C(=O)Nc3cc(Cl)ccc3Cl)c3ccccc3)c2)cc1. The minimum atomic E-state index is -0.659. The van der Waals surface area contributed by atoms with E-state index < -0.39 is 17.1 Å². The molecule has 0 spiro atoms. The molecule has 0 saturated carbocycles. The maximum Gasteiger partial charge on any atom is 0.272 e. The van der Waals surface area contributed by atoms with Gasteiger partial charge in [-0.2, -0.15) is 0 Å². The van der Waals surface area contributed by atoms with Crippen molar-refractivity contribution in [2.75, 3.05) is 17.7 Å². The number of hydrogen-bond donors (Lipinski definition) is 3. The molecule has 0 bridgehead atoms. The summed E-state index contributed by atoms with van der Waals surface area (Å²) in [5.74, 6) is -0.594. The molecule has 0 aliphatic rings. The normalized spacial score (nSPS) is 11.7. The highest BCUT2D eigenvalue weighted by Gasteiger charge is 2.23. The Morgan fingerprint density at radius 1 is 0.766 bits per heavy atom. The summed E-state index contributed by atoms with van der Waals surface area (Å²) < 4.78 is 5.24. The molecule has 0 radical (unpaired) electrons. The van der Waals surface area contributed by atoms with Gasteiger partial charge in [-0.25, -0.2) is 0 Å². The number of thioether (sulfide) groups is 1. The van der Waals surface area contributed by atoms with Gasteiger partial charge in [0, 0.05) is 21.2 Å². The van der Waals surface area contributed by atoms with E-state index in [2.05, 4.69) is 16.0 Å². The predicted octanol–water partition coefficient (Wildman–Crippen LogP) is 8.88. The second kappa shape index (κ2) is 16.0. The summed E-state index contributed by atoms with van der Waals surface area (Å²) in [7, 11) is 1.57. The Labute approximate surface area is 287 Å². The van der Waals surface area contributed by atoms with Crippen LogP contribution in [0.25, 0.3) is 6.08 Å². The van der Waals surface area contributed by atoms with Gasteiger partial charge in [-0.3, -0.25) is 14.4 Å². The number of carbonyl (C=O) groups excluding carboxylic acids is 3. The number of hydrogen-bond acceptors (Lipinski definition) is 5. The van der Waals surface area contributed by atoms with Crippen LogP contribution >= 0.6 is 35.0 Å². The van der Waals surface area contributed by atoms with Crippen molar-refractivity contribution in [2.45, 2.75) is 10.1 Å². The molecule has 0 fully saturated rings. The largest absolute Gasteiger partial charge is 0.497 e. The topological polar surface area (TPSA) is 96.5 Å². The molecule has 10 heteroatoms. The number of anilines is 2. The molecular weight excluding hydrogens is 653 g/mol. The third-order valence-electron chi connectivity index (χ3n) is 6.83. The number of carbonyl (C=O) groups is 3.